The lowest BCUT2D eigenvalue weighted by atomic mass is 9.88. The van der Waals surface area contributed by atoms with Crippen LogP contribution in [0, 0.1) is 5.82 Å². The Morgan fingerprint density at radius 2 is 1.91 bits per heavy atom. The lowest BCUT2D eigenvalue weighted by Crippen LogP contribution is -2.45. The van der Waals surface area contributed by atoms with E-state index in [1.807, 2.05) is 12.1 Å². The number of hydrogen-bond acceptors (Lipinski definition) is 3. The molecule has 0 N–H and O–H groups in total. The predicted octanol–water partition coefficient (Wildman–Crippen LogP) is 2.43. The molecular weight excluding hydrogens is 295 g/mol. The van der Waals surface area contributed by atoms with Crippen molar-refractivity contribution >= 4 is 5.91 Å². The molecule has 1 spiro atoms. The van der Waals surface area contributed by atoms with Gasteiger partial charge in [0.15, 0.2) is 0 Å². The third-order valence-electron chi connectivity index (χ3n) is 5.06. The van der Waals surface area contributed by atoms with Gasteiger partial charge in [0, 0.05) is 33.7 Å². The first-order chi connectivity index (χ1) is 11.0. The number of nitrogens with zero attached hydrogens (tertiary/aromatic N) is 2. The molecule has 2 heterocycles. The molecule has 0 aromatic heterocycles. The maximum Gasteiger partial charge on any atom is 0.251 e. The fraction of sp³-hybridized carbons (Fsp3) is 0.611. The molecule has 1 aromatic carbocycles. The van der Waals surface area contributed by atoms with E-state index in [9.17, 15) is 9.18 Å². The van der Waals surface area contributed by atoms with Crippen LogP contribution in [-0.2, 0) is 16.1 Å². The Morgan fingerprint density at radius 1 is 1.26 bits per heavy atom. The molecule has 0 bridgehead atoms. The highest BCUT2D eigenvalue weighted by molar-refractivity contribution is 5.80. The summed E-state index contributed by atoms with van der Waals surface area (Å²) >= 11 is 0. The van der Waals surface area contributed by atoms with E-state index in [0.29, 0.717) is 0 Å². The molecule has 0 saturated carbocycles. The third-order valence-corrected chi connectivity index (χ3v) is 5.06. The summed E-state index contributed by atoms with van der Waals surface area (Å²) in [6, 6.07) is 6.71. The number of halogens is 1. The molecule has 3 rings (SSSR count). The zero-order valence-corrected chi connectivity index (χ0v) is 13.9. The molecule has 5 heteroatoms. The quantitative estimate of drug-likeness (QED) is 0.857. The van der Waals surface area contributed by atoms with Crippen LogP contribution in [0.5, 0.6) is 0 Å². The Hall–Kier alpha value is -1.46. The van der Waals surface area contributed by atoms with Crippen molar-refractivity contribution in [3.63, 3.8) is 0 Å². The molecule has 126 valence electrons. The highest BCUT2D eigenvalue weighted by Gasteiger charge is 2.44. The molecule has 2 aliphatic rings. The molecule has 2 aliphatic heterocycles. The minimum absolute atomic E-state index is 0.0793. The van der Waals surface area contributed by atoms with Gasteiger partial charge in [0.2, 0.25) is 0 Å². The number of rotatable bonds is 3. The number of hydrogen-bond donors (Lipinski definition) is 0. The molecule has 1 aromatic rings. The Morgan fingerprint density at radius 3 is 2.52 bits per heavy atom. The lowest BCUT2D eigenvalue weighted by Gasteiger charge is -2.39. The minimum atomic E-state index is -0.270. The van der Waals surface area contributed by atoms with Crippen molar-refractivity contribution in [3.05, 3.63) is 35.6 Å². The lowest BCUT2D eigenvalue weighted by molar-refractivity contribution is -0.148. The van der Waals surface area contributed by atoms with Gasteiger partial charge in [-0.3, -0.25) is 9.69 Å². The largest absolute Gasteiger partial charge is 0.362 e. The second-order valence-electron chi connectivity index (χ2n) is 6.96. The van der Waals surface area contributed by atoms with Crippen molar-refractivity contribution in [1.29, 1.82) is 0 Å². The van der Waals surface area contributed by atoms with Gasteiger partial charge in [0.1, 0.15) is 11.9 Å². The first kappa shape index (κ1) is 16.4. The van der Waals surface area contributed by atoms with Crippen LogP contribution in [0.2, 0.25) is 0 Å². The molecule has 1 unspecified atom stereocenters. The highest BCUT2D eigenvalue weighted by atomic mass is 19.1. The predicted molar refractivity (Wildman–Crippen MR) is 86.4 cm³/mol. The van der Waals surface area contributed by atoms with Crippen molar-refractivity contribution in [2.24, 2.45) is 0 Å². The number of ether oxygens (including phenoxy) is 1. The average Bonchev–Trinajstić information content (AvgIpc) is 2.95. The molecule has 2 saturated heterocycles. The molecule has 1 amide bonds. The van der Waals surface area contributed by atoms with Gasteiger partial charge in [-0.1, -0.05) is 12.1 Å². The maximum atomic E-state index is 13.0. The second-order valence-corrected chi connectivity index (χ2v) is 6.96. The van der Waals surface area contributed by atoms with Gasteiger partial charge in [-0.15, -0.1) is 0 Å². The number of carbonyl (C=O) groups is 1. The summed E-state index contributed by atoms with van der Waals surface area (Å²) in [5, 5.41) is 0. The van der Waals surface area contributed by atoms with E-state index in [0.717, 1.165) is 50.9 Å². The summed E-state index contributed by atoms with van der Waals surface area (Å²) in [6.07, 6.45) is 3.46. The molecule has 0 aliphatic carbocycles. The van der Waals surface area contributed by atoms with Crippen LogP contribution in [0.3, 0.4) is 0 Å². The fourth-order valence-corrected chi connectivity index (χ4v) is 3.61. The van der Waals surface area contributed by atoms with Crippen LogP contribution in [-0.4, -0.2) is 54.6 Å². The topological polar surface area (TPSA) is 32.8 Å². The van der Waals surface area contributed by atoms with E-state index in [4.69, 9.17) is 4.74 Å². The van der Waals surface area contributed by atoms with Gasteiger partial charge in [0.25, 0.3) is 5.91 Å². The smallest absolute Gasteiger partial charge is 0.251 e. The molecule has 1 atom stereocenters. The Labute approximate surface area is 137 Å². The SMILES string of the molecule is CN(C)C(=O)C1CCC2(CCN(Cc3ccc(F)cc3)CC2)O1. The number of benzene rings is 1. The van der Waals surface area contributed by atoms with Crippen LogP contribution in [0.25, 0.3) is 0 Å². The van der Waals surface area contributed by atoms with Crippen molar-refractivity contribution in [3.8, 4) is 0 Å². The number of amides is 1. The van der Waals surface area contributed by atoms with Gasteiger partial charge in [0.05, 0.1) is 5.60 Å². The van der Waals surface area contributed by atoms with Crippen LogP contribution in [0.4, 0.5) is 4.39 Å². The summed E-state index contributed by atoms with van der Waals surface area (Å²) in [5.41, 5.74) is 1.02. The van der Waals surface area contributed by atoms with Crippen molar-refractivity contribution in [1.82, 2.24) is 9.80 Å². The minimum Gasteiger partial charge on any atom is -0.362 e. The van der Waals surface area contributed by atoms with Crippen molar-refractivity contribution in [2.75, 3.05) is 27.2 Å². The molecular formula is C18H25FN2O2. The van der Waals surface area contributed by atoms with Gasteiger partial charge >= 0.3 is 0 Å². The number of carbonyl (C=O) groups excluding carboxylic acids is 1. The van der Waals surface area contributed by atoms with Crippen molar-refractivity contribution < 1.29 is 13.9 Å². The van der Waals surface area contributed by atoms with Gasteiger partial charge in [-0.2, -0.15) is 0 Å². The zero-order chi connectivity index (χ0) is 16.4. The number of likely N-dealkylation sites (N-methyl/N-ethyl adjacent to an activating group) is 1. The second kappa shape index (κ2) is 6.57. The molecule has 4 nitrogen and oxygen atoms in total. The summed E-state index contributed by atoms with van der Waals surface area (Å²) in [5.74, 6) is -0.113. The third kappa shape index (κ3) is 3.72. The summed E-state index contributed by atoms with van der Waals surface area (Å²) in [4.78, 5) is 16.1. The average molecular weight is 320 g/mol. The maximum absolute atomic E-state index is 13.0. The number of likely N-dealkylation sites (tertiary alicyclic amines) is 1. The van der Waals surface area contributed by atoms with Crippen LogP contribution in [0.1, 0.15) is 31.2 Å². The van der Waals surface area contributed by atoms with Crippen LogP contribution in [0.15, 0.2) is 24.3 Å². The van der Waals surface area contributed by atoms with E-state index in [1.54, 1.807) is 19.0 Å². The number of piperidine rings is 1. The Bertz CT molecular complexity index is 551. The highest BCUT2D eigenvalue weighted by Crippen LogP contribution is 2.39. The van der Waals surface area contributed by atoms with Crippen LogP contribution >= 0.6 is 0 Å². The first-order valence-corrected chi connectivity index (χ1v) is 8.33. The summed E-state index contributed by atoms with van der Waals surface area (Å²) in [6.45, 7) is 2.76. The van der Waals surface area contributed by atoms with E-state index in [-0.39, 0.29) is 23.4 Å². The molecule has 23 heavy (non-hydrogen) atoms. The first-order valence-electron chi connectivity index (χ1n) is 8.33. The fourth-order valence-electron chi connectivity index (χ4n) is 3.61. The summed E-state index contributed by atoms with van der Waals surface area (Å²) < 4.78 is 19.1. The van der Waals surface area contributed by atoms with E-state index in [2.05, 4.69) is 4.90 Å². The van der Waals surface area contributed by atoms with Gasteiger partial charge in [-0.25, -0.2) is 4.39 Å². The molecule has 0 radical (unpaired) electrons. The van der Waals surface area contributed by atoms with Crippen LogP contribution < -0.4 is 0 Å². The molecule has 2 fully saturated rings. The van der Waals surface area contributed by atoms with Gasteiger partial charge < -0.3 is 9.64 Å². The zero-order valence-electron chi connectivity index (χ0n) is 13.9. The van der Waals surface area contributed by atoms with E-state index >= 15 is 0 Å². The standard InChI is InChI=1S/C18H25FN2O2/c1-20(2)17(22)16-7-8-18(23-16)9-11-21(12-10-18)13-14-3-5-15(19)6-4-14/h3-6,16H,7-13H2,1-2H3. The normalized spacial score (nSPS) is 24.0. The summed E-state index contributed by atoms with van der Waals surface area (Å²) in [7, 11) is 3.56. The monoisotopic (exact) mass is 320 g/mol. The van der Waals surface area contributed by atoms with E-state index < -0.39 is 0 Å². The van der Waals surface area contributed by atoms with Crippen molar-refractivity contribution in [2.45, 2.75) is 43.9 Å². The Kier molecular flexibility index (Phi) is 4.69. The Balaban J connectivity index is 1.52. The van der Waals surface area contributed by atoms with E-state index in [1.165, 1.54) is 12.1 Å². The van der Waals surface area contributed by atoms with Gasteiger partial charge in [-0.05, 0) is 43.4 Å².